The number of hydrogen-bond donors (Lipinski definition) is 2. The molecule has 162 valence electrons. The Morgan fingerprint density at radius 1 is 0.903 bits per heavy atom. The van der Waals surface area contributed by atoms with Crippen molar-refractivity contribution >= 4 is 33.2 Å². The Labute approximate surface area is 188 Å². The van der Waals surface area contributed by atoms with Crippen LogP contribution in [0.25, 0.3) is 0 Å². The van der Waals surface area contributed by atoms with Crippen LogP contribution in [0, 0.1) is 0 Å². The standard InChI is InChI=1S/C24H25ClN2O3S/c1-3-17-10-11-18(4-2)19(14-17)16-26-24(28)22-13-12-20(15-23(22)25)27-31(29,30)21-8-6-5-7-9-21/h5-15,27H,3-4,16H2,1-2H3,(H,26,28). The summed E-state index contributed by atoms with van der Waals surface area (Å²) < 4.78 is 27.4. The van der Waals surface area contributed by atoms with Gasteiger partial charge in [0.2, 0.25) is 0 Å². The molecule has 0 aliphatic heterocycles. The van der Waals surface area contributed by atoms with E-state index in [4.69, 9.17) is 11.6 Å². The van der Waals surface area contributed by atoms with E-state index < -0.39 is 10.0 Å². The van der Waals surface area contributed by atoms with Gasteiger partial charge in [0.15, 0.2) is 0 Å². The summed E-state index contributed by atoms with van der Waals surface area (Å²) >= 11 is 6.29. The topological polar surface area (TPSA) is 75.3 Å². The lowest BCUT2D eigenvalue weighted by molar-refractivity contribution is 0.0951. The Morgan fingerprint density at radius 2 is 1.65 bits per heavy atom. The molecule has 0 aliphatic rings. The van der Waals surface area contributed by atoms with Gasteiger partial charge in [-0.05, 0) is 59.9 Å². The molecule has 0 saturated carbocycles. The van der Waals surface area contributed by atoms with Gasteiger partial charge in [0.25, 0.3) is 15.9 Å². The van der Waals surface area contributed by atoms with Crippen molar-refractivity contribution in [3.63, 3.8) is 0 Å². The van der Waals surface area contributed by atoms with Crippen molar-refractivity contribution in [1.29, 1.82) is 0 Å². The van der Waals surface area contributed by atoms with Crippen molar-refractivity contribution in [2.24, 2.45) is 0 Å². The van der Waals surface area contributed by atoms with E-state index in [9.17, 15) is 13.2 Å². The lowest BCUT2D eigenvalue weighted by Gasteiger charge is -2.13. The smallest absolute Gasteiger partial charge is 0.261 e. The SMILES string of the molecule is CCc1ccc(CC)c(CNC(=O)c2ccc(NS(=O)(=O)c3ccccc3)cc2Cl)c1. The first-order valence-corrected chi connectivity index (χ1v) is 12.0. The quantitative estimate of drug-likeness (QED) is 0.489. The molecule has 0 unspecified atom stereocenters. The molecule has 3 aromatic carbocycles. The average Bonchev–Trinajstić information content (AvgIpc) is 2.77. The fourth-order valence-electron chi connectivity index (χ4n) is 3.26. The van der Waals surface area contributed by atoms with Gasteiger partial charge < -0.3 is 5.32 Å². The van der Waals surface area contributed by atoms with Gasteiger partial charge in [-0.1, -0.05) is 61.8 Å². The van der Waals surface area contributed by atoms with Crippen LogP contribution in [0.4, 0.5) is 5.69 Å². The monoisotopic (exact) mass is 456 g/mol. The fraction of sp³-hybridized carbons (Fsp3) is 0.208. The second-order valence-corrected chi connectivity index (χ2v) is 9.20. The molecular formula is C24H25ClN2O3S. The molecule has 0 aromatic heterocycles. The van der Waals surface area contributed by atoms with Crippen molar-refractivity contribution in [3.05, 3.63) is 94.0 Å². The normalized spacial score (nSPS) is 11.2. The average molecular weight is 457 g/mol. The molecular weight excluding hydrogens is 432 g/mol. The summed E-state index contributed by atoms with van der Waals surface area (Å²) in [5, 5.41) is 3.08. The Balaban J connectivity index is 1.72. The summed E-state index contributed by atoms with van der Waals surface area (Å²) in [6.45, 7) is 4.57. The number of sulfonamides is 1. The van der Waals surface area contributed by atoms with Gasteiger partial charge >= 0.3 is 0 Å². The van der Waals surface area contributed by atoms with E-state index in [1.54, 1.807) is 18.2 Å². The molecule has 0 spiro atoms. The predicted molar refractivity (Wildman–Crippen MR) is 125 cm³/mol. The van der Waals surface area contributed by atoms with E-state index in [1.807, 2.05) is 0 Å². The number of anilines is 1. The van der Waals surface area contributed by atoms with E-state index in [0.29, 0.717) is 6.54 Å². The number of amides is 1. The molecule has 3 aromatic rings. The molecule has 0 saturated heterocycles. The maximum absolute atomic E-state index is 12.7. The van der Waals surface area contributed by atoms with E-state index >= 15 is 0 Å². The van der Waals surface area contributed by atoms with E-state index in [0.717, 1.165) is 18.4 Å². The first kappa shape index (κ1) is 22.8. The van der Waals surface area contributed by atoms with Crippen LogP contribution in [-0.2, 0) is 29.4 Å². The zero-order chi connectivity index (χ0) is 22.4. The Bertz CT molecular complexity index is 1180. The molecule has 0 aliphatic carbocycles. The molecule has 7 heteroatoms. The Kier molecular flexibility index (Phi) is 7.36. The zero-order valence-corrected chi connectivity index (χ0v) is 19.1. The summed E-state index contributed by atoms with van der Waals surface area (Å²) in [6.07, 6.45) is 1.81. The number of carbonyl (C=O) groups excluding carboxylic acids is 1. The van der Waals surface area contributed by atoms with Gasteiger partial charge in [-0.15, -0.1) is 0 Å². The van der Waals surface area contributed by atoms with Gasteiger partial charge in [-0.2, -0.15) is 0 Å². The summed E-state index contributed by atoms with van der Waals surface area (Å²) in [5.74, 6) is -0.313. The predicted octanol–water partition coefficient (Wildman–Crippen LogP) is 5.20. The van der Waals surface area contributed by atoms with Gasteiger partial charge in [0, 0.05) is 6.54 Å². The minimum Gasteiger partial charge on any atom is -0.348 e. The van der Waals surface area contributed by atoms with E-state index in [2.05, 4.69) is 42.1 Å². The molecule has 0 fully saturated rings. The molecule has 2 N–H and O–H groups in total. The fourth-order valence-corrected chi connectivity index (χ4v) is 4.59. The lowest BCUT2D eigenvalue weighted by atomic mass is 10.0. The van der Waals surface area contributed by atoms with Gasteiger partial charge in [0.1, 0.15) is 0 Å². The molecule has 0 atom stereocenters. The van der Waals surface area contributed by atoms with Crippen LogP contribution in [0.1, 0.15) is 40.9 Å². The van der Waals surface area contributed by atoms with E-state index in [1.165, 1.54) is 41.5 Å². The van der Waals surface area contributed by atoms with Crippen molar-refractivity contribution in [1.82, 2.24) is 5.32 Å². The van der Waals surface area contributed by atoms with Crippen LogP contribution in [0.15, 0.2) is 71.6 Å². The minimum atomic E-state index is -3.73. The zero-order valence-electron chi connectivity index (χ0n) is 17.5. The first-order valence-electron chi connectivity index (χ1n) is 10.1. The third kappa shape index (κ3) is 5.66. The third-order valence-electron chi connectivity index (χ3n) is 5.02. The highest BCUT2D eigenvalue weighted by Gasteiger charge is 2.16. The minimum absolute atomic E-state index is 0.147. The van der Waals surface area contributed by atoms with E-state index in [-0.39, 0.29) is 27.1 Å². The maximum Gasteiger partial charge on any atom is 0.261 e. The summed E-state index contributed by atoms with van der Waals surface area (Å²) in [6, 6.07) is 18.8. The third-order valence-corrected chi connectivity index (χ3v) is 6.73. The van der Waals surface area contributed by atoms with Crippen LogP contribution in [0.5, 0.6) is 0 Å². The van der Waals surface area contributed by atoms with Crippen LogP contribution >= 0.6 is 11.6 Å². The Morgan fingerprint density at radius 3 is 2.29 bits per heavy atom. The molecule has 5 nitrogen and oxygen atoms in total. The highest BCUT2D eigenvalue weighted by atomic mass is 35.5. The highest BCUT2D eigenvalue weighted by molar-refractivity contribution is 7.92. The number of benzene rings is 3. The second-order valence-electron chi connectivity index (χ2n) is 7.11. The van der Waals surface area contributed by atoms with Crippen molar-refractivity contribution in [2.75, 3.05) is 4.72 Å². The van der Waals surface area contributed by atoms with Crippen molar-refractivity contribution < 1.29 is 13.2 Å². The highest BCUT2D eigenvalue weighted by Crippen LogP contribution is 2.24. The molecule has 3 rings (SSSR count). The molecule has 31 heavy (non-hydrogen) atoms. The van der Waals surface area contributed by atoms with Crippen LogP contribution in [-0.4, -0.2) is 14.3 Å². The van der Waals surface area contributed by atoms with Gasteiger partial charge in [-0.25, -0.2) is 8.42 Å². The number of carbonyl (C=O) groups is 1. The molecule has 0 radical (unpaired) electrons. The van der Waals surface area contributed by atoms with Crippen molar-refractivity contribution in [2.45, 2.75) is 38.1 Å². The van der Waals surface area contributed by atoms with Gasteiger partial charge in [0.05, 0.1) is 21.2 Å². The van der Waals surface area contributed by atoms with Crippen molar-refractivity contribution in [3.8, 4) is 0 Å². The number of aryl methyl sites for hydroxylation is 2. The number of rotatable bonds is 8. The molecule has 0 bridgehead atoms. The van der Waals surface area contributed by atoms with Crippen LogP contribution in [0.2, 0.25) is 5.02 Å². The number of halogens is 1. The summed E-state index contributed by atoms with van der Waals surface area (Å²) in [7, 11) is -3.73. The second kappa shape index (κ2) is 9.98. The van der Waals surface area contributed by atoms with Crippen LogP contribution in [0.3, 0.4) is 0 Å². The number of nitrogens with one attached hydrogen (secondary N) is 2. The molecule has 0 heterocycles. The summed E-state index contributed by atoms with van der Waals surface area (Å²) in [5.41, 5.74) is 4.06. The molecule has 1 amide bonds. The largest absolute Gasteiger partial charge is 0.348 e. The Hall–Kier alpha value is -2.83. The lowest BCUT2D eigenvalue weighted by Crippen LogP contribution is -2.24. The van der Waals surface area contributed by atoms with Gasteiger partial charge in [-0.3, -0.25) is 9.52 Å². The number of hydrogen-bond acceptors (Lipinski definition) is 3. The van der Waals surface area contributed by atoms with Crippen LogP contribution < -0.4 is 10.0 Å². The maximum atomic E-state index is 12.7. The first-order chi connectivity index (χ1) is 14.8. The summed E-state index contributed by atoms with van der Waals surface area (Å²) in [4.78, 5) is 12.8.